The van der Waals surface area contributed by atoms with Crippen LogP contribution in [0.1, 0.15) is 96.8 Å². The maximum Gasteiger partial charge on any atom is 0.146 e. The smallest absolute Gasteiger partial charge is 0.146 e. The van der Waals surface area contributed by atoms with E-state index in [9.17, 15) is 4.79 Å². The number of allylic oxidation sites excluding steroid dienone is 2. The second-order valence-electron chi connectivity index (χ2n) is 7.35. The zero-order chi connectivity index (χ0) is 15.0. The lowest BCUT2D eigenvalue weighted by Gasteiger charge is -2.28. The van der Waals surface area contributed by atoms with Gasteiger partial charge >= 0.3 is 0 Å². The first-order valence-corrected chi connectivity index (χ1v) is 9.49. The molecule has 0 N–H and O–H groups in total. The third-order valence-corrected chi connectivity index (χ3v) is 5.68. The van der Waals surface area contributed by atoms with Crippen LogP contribution in [0.3, 0.4) is 0 Å². The lowest BCUT2D eigenvalue weighted by molar-refractivity contribution is -0.128. The van der Waals surface area contributed by atoms with Crippen LogP contribution in [0.25, 0.3) is 0 Å². The van der Waals surface area contributed by atoms with E-state index in [1.54, 1.807) is 0 Å². The molecular weight excluding hydrogens is 256 g/mol. The Morgan fingerprint density at radius 3 is 2.29 bits per heavy atom. The third-order valence-electron chi connectivity index (χ3n) is 5.68. The van der Waals surface area contributed by atoms with Gasteiger partial charge < -0.3 is 0 Å². The summed E-state index contributed by atoms with van der Waals surface area (Å²) in [4.78, 5) is 12.3. The first-order chi connectivity index (χ1) is 10.3. The van der Waals surface area contributed by atoms with Crippen LogP contribution in [-0.4, -0.2) is 5.78 Å². The average Bonchev–Trinajstić information content (AvgIpc) is 2.68. The maximum atomic E-state index is 12.3. The zero-order valence-electron chi connectivity index (χ0n) is 14.0. The standard InChI is InChI=1S/C20H34O/c1-2-3-4-5-6-7-8-9-10-11-15-20-16-12-13-18(14-17-20)19(20)21/h12-13,18H,2-11,14-17H2,1H3/t18-,20+/m0/s1. The largest absolute Gasteiger partial charge is 0.298 e. The Bertz CT molecular complexity index is 344. The van der Waals surface area contributed by atoms with Crippen molar-refractivity contribution in [3.05, 3.63) is 12.2 Å². The van der Waals surface area contributed by atoms with E-state index in [1.165, 1.54) is 64.2 Å². The van der Waals surface area contributed by atoms with Gasteiger partial charge in [-0.05, 0) is 25.7 Å². The van der Waals surface area contributed by atoms with E-state index >= 15 is 0 Å². The fraction of sp³-hybridized carbons (Fsp3) is 0.850. The highest BCUT2D eigenvalue weighted by atomic mass is 16.1. The van der Waals surface area contributed by atoms with Gasteiger partial charge in [0.2, 0.25) is 0 Å². The summed E-state index contributed by atoms with van der Waals surface area (Å²) in [5.41, 5.74) is 0.0690. The molecule has 2 aliphatic rings. The van der Waals surface area contributed by atoms with Crippen LogP contribution in [-0.2, 0) is 4.79 Å². The zero-order valence-corrected chi connectivity index (χ0v) is 14.0. The SMILES string of the molecule is CCCCCCCCCCCC[C@@]12CC=C[C@@H](CC1)C2=O. The summed E-state index contributed by atoms with van der Waals surface area (Å²) in [5, 5.41) is 0. The van der Waals surface area contributed by atoms with Crippen molar-refractivity contribution >= 4 is 5.78 Å². The number of fused-ring (bicyclic) bond motifs is 2. The number of unbranched alkanes of at least 4 members (excludes halogenated alkanes) is 9. The number of carbonyl (C=O) groups excluding carboxylic acids is 1. The van der Waals surface area contributed by atoms with Gasteiger partial charge in [0.25, 0.3) is 0 Å². The Balaban J connectivity index is 1.49. The van der Waals surface area contributed by atoms with Gasteiger partial charge in [-0.25, -0.2) is 0 Å². The normalized spacial score (nSPS) is 27.5. The Morgan fingerprint density at radius 1 is 1.00 bits per heavy atom. The molecule has 2 aliphatic carbocycles. The van der Waals surface area contributed by atoms with E-state index in [2.05, 4.69) is 19.1 Å². The van der Waals surface area contributed by atoms with Crippen molar-refractivity contribution in [3.63, 3.8) is 0 Å². The molecule has 0 aromatic rings. The second kappa shape index (κ2) is 8.76. The lowest BCUT2D eigenvalue weighted by Crippen LogP contribution is -2.30. The predicted octanol–water partition coefficient (Wildman–Crippen LogP) is 6.22. The molecule has 1 heteroatoms. The van der Waals surface area contributed by atoms with Gasteiger partial charge in [0, 0.05) is 11.3 Å². The van der Waals surface area contributed by atoms with E-state index in [1.807, 2.05) is 0 Å². The summed E-state index contributed by atoms with van der Waals surface area (Å²) >= 11 is 0. The Kier molecular flexibility index (Phi) is 6.99. The van der Waals surface area contributed by atoms with Crippen molar-refractivity contribution in [2.75, 3.05) is 0 Å². The van der Waals surface area contributed by atoms with Crippen LogP contribution in [0.4, 0.5) is 0 Å². The molecule has 0 unspecified atom stereocenters. The van der Waals surface area contributed by atoms with Gasteiger partial charge in [0.1, 0.15) is 5.78 Å². The molecule has 0 heterocycles. The maximum absolute atomic E-state index is 12.3. The number of rotatable bonds is 11. The highest BCUT2D eigenvalue weighted by molar-refractivity contribution is 5.91. The molecule has 0 aromatic heterocycles. The first kappa shape index (κ1) is 16.8. The predicted molar refractivity (Wildman–Crippen MR) is 90.4 cm³/mol. The number of hydrogen-bond acceptors (Lipinski definition) is 1. The highest BCUT2D eigenvalue weighted by Crippen LogP contribution is 2.48. The number of ketones is 1. The minimum absolute atomic E-state index is 0.0690. The van der Waals surface area contributed by atoms with Gasteiger partial charge in [-0.2, -0.15) is 0 Å². The average molecular weight is 290 g/mol. The Labute approximate surface area is 131 Å². The number of carbonyl (C=O) groups is 1. The summed E-state index contributed by atoms with van der Waals surface area (Å²) in [6.07, 6.45) is 22.7. The van der Waals surface area contributed by atoms with Crippen molar-refractivity contribution in [1.82, 2.24) is 0 Å². The number of hydrogen-bond donors (Lipinski definition) is 0. The molecule has 0 spiro atoms. The Hall–Kier alpha value is -0.590. The quantitative estimate of drug-likeness (QED) is 0.326. The van der Waals surface area contributed by atoms with Gasteiger partial charge in [0.05, 0.1) is 0 Å². The van der Waals surface area contributed by atoms with Crippen LogP contribution in [0.2, 0.25) is 0 Å². The van der Waals surface area contributed by atoms with E-state index in [0.717, 1.165) is 25.7 Å². The summed E-state index contributed by atoms with van der Waals surface area (Å²) < 4.78 is 0. The molecule has 0 aromatic carbocycles. The van der Waals surface area contributed by atoms with Crippen molar-refractivity contribution < 1.29 is 4.79 Å². The first-order valence-electron chi connectivity index (χ1n) is 9.49. The minimum atomic E-state index is 0.0690. The second-order valence-corrected chi connectivity index (χ2v) is 7.35. The summed E-state index contributed by atoms with van der Waals surface area (Å²) in [6.45, 7) is 2.28. The molecule has 1 fully saturated rings. The monoisotopic (exact) mass is 290 g/mol. The summed E-state index contributed by atoms with van der Waals surface area (Å²) in [7, 11) is 0. The van der Waals surface area contributed by atoms with Crippen molar-refractivity contribution in [2.45, 2.75) is 96.8 Å². The molecule has 120 valence electrons. The molecule has 0 amide bonds. The molecule has 0 radical (unpaired) electrons. The molecule has 0 saturated heterocycles. The molecule has 21 heavy (non-hydrogen) atoms. The van der Waals surface area contributed by atoms with E-state index < -0.39 is 0 Å². The topological polar surface area (TPSA) is 17.1 Å². The van der Waals surface area contributed by atoms with E-state index in [0.29, 0.717) is 5.78 Å². The molecule has 1 saturated carbocycles. The molecule has 2 rings (SSSR count). The molecular formula is C20H34O. The molecule has 1 nitrogen and oxygen atoms in total. The number of Topliss-reactive ketones (excluding diaryl/α,β-unsaturated/α-hetero) is 1. The van der Waals surface area contributed by atoms with Gasteiger partial charge in [-0.1, -0.05) is 83.3 Å². The van der Waals surface area contributed by atoms with Crippen LogP contribution in [0.5, 0.6) is 0 Å². The highest BCUT2D eigenvalue weighted by Gasteiger charge is 2.47. The molecule has 2 bridgehead atoms. The van der Waals surface area contributed by atoms with Crippen molar-refractivity contribution in [3.8, 4) is 0 Å². The van der Waals surface area contributed by atoms with Crippen LogP contribution in [0, 0.1) is 11.3 Å². The summed E-state index contributed by atoms with van der Waals surface area (Å²) in [6, 6.07) is 0. The molecule has 2 atom stereocenters. The minimum Gasteiger partial charge on any atom is -0.298 e. The summed E-state index contributed by atoms with van der Waals surface area (Å²) in [5.74, 6) is 0.850. The van der Waals surface area contributed by atoms with E-state index in [4.69, 9.17) is 0 Å². The molecule has 0 aliphatic heterocycles. The van der Waals surface area contributed by atoms with Crippen molar-refractivity contribution in [2.24, 2.45) is 11.3 Å². The fourth-order valence-electron chi connectivity index (χ4n) is 4.22. The lowest BCUT2D eigenvalue weighted by atomic mass is 9.74. The van der Waals surface area contributed by atoms with Crippen LogP contribution < -0.4 is 0 Å². The van der Waals surface area contributed by atoms with Gasteiger partial charge in [-0.15, -0.1) is 0 Å². The van der Waals surface area contributed by atoms with Crippen LogP contribution in [0.15, 0.2) is 12.2 Å². The van der Waals surface area contributed by atoms with E-state index in [-0.39, 0.29) is 11.3 Å². The Morgan fingerprint density at radius 2 is 1.62 bits per heavy atom. The fourth-order valence-corrected chi connectivity index (χ4v) is 4.22. The van der Waals surface area contributed by atoms with Crippen molar-refractivity contribution in [1.29, 1.82) is 0 Å². The third kappa shape index (κ3) is 4.69. The van der Waals surface area contributed by atoms with Gasteiger partial charge in [0.15, 0.2) is 0 Å². The van der Waals surface area contributed by atoms with Gasteiger partial charge in [-0.3, -0.25) is 4.79 Å². The van der Waals surface area contributed by atoms with Crippen LogP contribution >= 0.6 is 0 Å².